The molecule has 2 aromatic rings. The first-order valence-corrected chi connectivity index (χ1v) is 9.18. The highest BCUT2D eigenvalue weighted by molar-refractivity contribution is 5.97. The summed E-state index contributed by atoms with van der Waals surface area (Å²) in [6.07, 6.45) is -0.981. The molecule has 0 aliphatic carbocycles. The van der Waals surface area contributed by atoms with Crippen LogP contribution in [0, 0.1) is 5.82 Å². The Hall–Kier alpha value is -2.77. The van der Waals surface area contributed by atoms with Crippen molar-refractivity contribution in [3.8, 4) is 0 Å². The van der Waals surface area contributed by atoms with Gasteiger partial charge in [-0.2, -0.15) is 0 Å². The predicted molar refractivity (Wildman–Crippen MR) is 102 cm³/mol. The molecule has 1 amide bonds. The molecule has 1 N–H and O–H groups in total. The Morgan fingerprint density at radius 1 is 1.11 bits per heavy atom. The second-order valence-electron chi connectivity index (χ2n) is 6.63. The highest BCUT2D eigenvalue weighted by atomic mass is 19.1. The fraction of sp³-hybridized carbons (Fsp3) is 0.333. The molecular weight excluding hydrogens is 363 g/mol. The SMILES string of the molecule is C[C@@H](OC(=O)c1ccc(CN2CCOCC2)cc1)C(=O)Nc1ccc(F)cc1. The van der Waals surface area contributed by atoms with Crippen LogP contribution in [-0.4, -0.2) is 49.2 Å². The molecule has 0 unspecified atom stereocenters. The molecule has 0 saturated carbocycles. The number of nitrogens with zero attached hydrogens (tertiary/aromatic N) is 1. The number of halogens is 1. The minimum absolute atomic E-state index is 0.382. The van der Waals surface area contributed by atoms with Crippen LogP contribution in [0.2, 0.25) is 0 Å². The number of anilines is 1. The summed E-state index contributed by atoms with van der Waals surface area (Å²) in [6, 6.07) is 12.5. The third-order valence-electron chi connectivity index (χ3n) is 4.46. The molecule has 0 spiro atoms. The number of carbonyl (C=O) groups excluding carboxylic acids is 2. The molecular formula is C21H23FN2O4. The van der Waals surface area contributed by atoms with Crippen molar-refractivity contribution in [2.45, 2.75) is 19.6 Å². The van der Waals surface area contributed by atoms with Crippen LogP contribution in [0.15, 0.2) is 48.5 Å². The summed E-state index contributed by atoms with van der Waals surface area (Å²) in [7, 11) is 0. The maximum atomic E-state index is 12.9. The van der Waals surface area contributed by atoms with Crippen LogP contribution < -0.4 is 5.32 Å². The number of benzene rings is 2. The van der Waals surface area contributed by atoms with Crippen LogP contribution >= 0.6 is 0 Å². The van der Waals surface area contributed by atoms with E-state index in [4.69, 9.17) is 9.47 Å². The molecule has 1 aliphatic rings. The van der Waals surface area contributed by atoms with E-state index in [2.05, 4.69) is 10.2 Å². The van der Waals surface area contributed by atoms with Gasteiger partial charge >= 0.3 is 5.97 Å². The van der Waals surface area contributed by atoms with Crippen molar-refractivity contribution in [1.82, 2.24) is 4.90 Å². The van der Waals surface area contributed by atoms with Crippen molar-refractivity contribution in [2.24, 2.45) is 0 Å². The fourth-order valence-corrected chi connectivity index (χ4v) is 2.82. The number of nitrogens with one attached hydrogen (secondary N) is 1. The van der Waals surface area contributed by atoms with Crippen molar-refractivity contribution in [3.63, 3.8) is 0 Å². The van der Waals surface area contributed by atoms with Crippen LogP contribution in [0.1, 0.15) is 22.8 Å². The van der Waals surface area contributed by atoms with Crippen LogP contribution in [0.25, 0.3) is 0 Å². The van der Waals surface area contributed by atoms with Gasteiger partial charge in [0.25, 0.3) is 5.91 Å². The highest BCUT2D eigenvalue weighted by Crippen LogP contribution is 2.13. The normalized spacial score (nSPS) is 15.6. The maximum Gasteiger partial charge on any atom is 0.338 e. The van der Waals surface area contributed by atoms with Crippen molar-refractivity contribution >= 4 is 17.6 Å². The summed E-state index contributed by atoms with van der Waals surface area (Å²) in [6.45, 7) is 5.55. The lowest BCUT2D eigenvalue weighted by atomic mass is 10.1. The lowest BCUT2D eigenvalue weighted by Gasteiger charge is -2.26. The van der Waals surface area contributed by atoms with Crippen LogP contribution in [0.5, 0.6) is 0 Å². The van der Waals surface area contributed by atoms with Crippen LogP contribution in [0.3, 0.4) is 0 Å². The summed E-state index contributed by atoms with van der Waals surface area (Å²) in [5.74, 6) is -1.45. The van der Waals surface area contributed by atoms with Crippen molar-refractivity contribution < 1.29 is 23.5 Å². The number of carbonyl (C=O) groups is 2. The number of esters is 1. The van der Waals surface area contributed by atoms with Gasteiger partial charge in [-0.15, -0.1) is 0 Å². The first-order chi connectivity index (χ1) is 13.5. The number of hydrogen-bond donors (Lipinski definition) is 1. The number of ether oxygens (including phenoxy) is 2. The Morgan fingerprint density at radius 2 is 1.75 bits per heavy atom. The number of hydrogen-bond acceptors (Lipinski definition) is 5. The zero-order chi connectivity index (χ0) is 19.9. The average molecular weight is 386 g/mol. The first kappa shape index (κ1) is 20.0. The monoisotopic (exact) mass is 386 g/mol. The molecule has 148 valence electrons. The lowest BCUT2D eigenvalue weighted by Crippen LogP contribution is -2.35. The summed E-state index contributed by atoms with van der Waals surface area (Å²) in [5.41, 5.74) is 1.91. The van der Waals surface area contributed by atoms with E-state index in [-0.39, 0.29) is 0 Å². The number of morpholine rings is 1. The zero-order valence-electron chi connectivity index (χ0n) is 15.7. The first-order valence-electron chi connectivity index (χ1n) is 9.18. The largest absolute Gasteiger partial charge is 0.449 e. The molecule has 0 bridgehead atoms. The van der Waals surface area contributed by atoms with Gasteiger partial charge in [-0.3, -0.25) is 9.69 Å². The van der Waals surface area contributed by atoms with Crippen molar-refractivity contribution in [1.29, 1.82) is 0 Å². The molecule has 0 aromatic heterocycles. The Morgan fingerprint density at radius 3 is 2.39 bits per heavy atom. The van der Waals surface area contributed by atoms with E-state index in [0.29, 0.717) is 11.3 Å². The van der Waals surface area contributed by atoms with Gasteiger partial charge < -0.3 is 14.8 Å². The van der Waals surface area contributed by atoms with Crippen LogP contribution in [-0.2, 0) is 20.8 Å². The molecule has 1 saturated heterocycles. The van der Waals surface area contributed by atoms with Crippen LogP contribution in [0.4, 0.5) is 10.1 Å². The molecule has 28 heavy (non-hydrogen) atoms. The molecule has 1 heterocycles. The second-order valence-corrected chi connectivity index (χ2v) is 6.63. The van der Waals surface area contributed by atoms with Gasteiger partial charge in [0.15, 0.2) is 6.10 Å². The second kappa shape index (κ2) is 9.43. The molecule has 1 atom stereocenters. The Balaban J connectivity index is 1.51. The van der Waals surface area contributed by atoms with E-state index >= 15 is 0 Å². The Kier molecular flexibility index (Phi) is 6.73. The van der Waals surface area contributed by atoms with E-state index < -0.39 is 23.8 Å². The van der Waals surface area contributed by atoms with Gasteiger partial charge in [-0.1, -0.05) is 12.1 Å². The van der Waals surface area contributed by atoms with Gasteiger partial charge in [0.2, 0.25) is 0 Å². The van der Waals surface area contributed by atoms with Gasteiger partial charge in [0.05, 0.1) is 18.8 Å². The third-order valence-corrected chi connectivity index (χ3v) is 4.46. The zero-order valence-corrected chi connectivity index (χ0v) is 15.7. The van der Waals surface area contributed by atoms with Gasteiger partial charge in [-0.05, 0) is 48.9 Å². The van der Waals surface area contributed by atoms with Gasteiger partial charge in [0, 0.05) is 25.3 Å². The van der Waals surface area contributed by atoms with E-state index in [0.717, 1.165) is 38.4 Å². The molecule has 3 rings (SSSR count). The molecule has 1 fully saturated rings. The van der Waals surface area contributed by atoms with Crippen molar-refractivity contribution in [2.75, 3.05) is 31.6 Å². The summed E-state index contributed by atoms with van der Waals surface area (Å²) < 4.78 is 23.5. The minimum atomic E-state index is -0.981. The fourth-order valence-electron chi connectivity index (χ4n) is 2.82. The third kappa shape index (κ3) is 5.61. The smallest absolute Gasteiger partial charge is 0.338 e. The quantitative estimate of drug-likeness (QED) is 0.774. The van der Waals surface area contributed by atoms with Gasteiger partial charge in [-0.25, -0.2) is 9.18 Å². The Labute approximate surface area is 163 Å². The molecule has 0 radical (unpaired) electrons. The average Bonchev–Trinajstić information content (AvgIpc) is 2.71. The minimum Gasteiger partial charge on any atom is -0.449 e. The topological polar surface area (TPSA) is 67.9 Å². The summed E-state index contributed by atoms with van der Waals surface area (Å²) >= 11 is 0. The predicted octanol–water partition coefficient (Wildman–Crippen LogP) is 2.84. The van der Waals surface area contributed by atoms with E-state index in [1.165, 1.54) is 31.2 Å². The number of amides is 1. The molecule has 6 nitrogen and oxygen atoms in total. The number of rotatable bonds is 6. The molecule has 7 heteroatoms. The molecule has 2 aromatic carbocycles. The standard InChI is InChI=1S/C21H23FN2O4/c1-15(20(25)23-19-8-6-18(22)7-9-19)28-21(26)17-4-2-16(3-5-17)14-24-10-12-27-13-11-24/h2-9,15H,10-14H2,1H3,(H,23,25)/t15-/m1/s1. The lowest BCUT2D eigenvalue weighted by molar-refractivity contribution is -0.123. The van der Waals surface area contributed by atoms with E-state index in [9.17, 15) is 14.0 Å². The Bertz CT molecular complexity index is 802. The highest BCUT2D eigenvalue weighted by Gasteiger charge is 2.19. The summed E-state index contributed by atoms with van der Waals surface area (Å²) in [5, 5.41) is 2.58. The van der Waals surface area contributed by atoms with E-state index in [1.807, 2.05) is 12.1 Å². The molecule has 1 aliphatic heterocycles. The van der Waals surface area contributed by atoms with E-state index in [1.54, 1.807) is 12.1 Å². The summed E-state index contributed by atoms with van der Waals surface area (Å²) in [4.78, 5) is 26.7. The van der Waals surface area contributed by atoms with Gasteiger partial charge in [0.1, 0.15) is 5.82 Å². The maximum absolute atomic E-state index is 12.9. The van der Waals surface area contributed by atoms with Crippen molar-refractivity contribution in [3.05, 3.63) is 65.5 Å².